The molecule has 3 rings (SSSR count). The van der Waals surface area contributed by atoms with Crippen LogP contribution in [0.5, 0.6) is 0 Å². The number of nitrogens with one attached hydrogen (secondary N) is 1. The van der Waals surface area contributed by atoms with E-state index in [1.54, 1.807) is 32.0 Å². The number of amides is 2. The highest BCUT2D eigenvalue weighted by Gasteiger charge is 2.35. The molecule has 7 nitrogen and oxygen atoms in total. The minimum Gasteiger partial charge on any atom is -0.355 e. The van der Waals surface area contributed by atoms with Gasteiger partial charge in [-0.2, -0.15) is 13.2 Å². The third-order valence-electron chi connectivity index (χ3n) is 6.28. The number of rotatable bonds is 11. The van der Waals surface area contributed by atoms with Crippen molar-refractivity contribution in [3.8, 4) is 0 Å². The Morgan fingerprint density at radius 1 is 0.925 bits per heavy atom. The normalized spacial score (nSPS) is 12.4. The third kappa shape index (κ3) is 7.41. The maximum absolute atomic E-state index is 13.9. The molecule has 0 saturated carbocycles. The highest BCUT2D eigenvalue weighted by atomic mass is 32.2. The number of carbonyl (C=O) groups is 2. The largest absolute Gasteiger partial charge is 0.416 e. The molecular weight excluding hydrogens is 543 g/mol. The SMILES string of the molecule is CCNC(=O)[C@@H](CC)N(Cc1ccc(C)cc1)C(=O)CN(c1cccc(C(F)(F)F)c1)S(=O)(=O)c1ccccc1. The standard InChI is InChI=1S/C29H32F3N3O4S/c1-4-26(28(37)33-5-2)34(19-22-16-14-21(3)15-17-22)27(36)20-35(40(38,39)25-12-7-6-8-13-25)24-11-9-10-23(18-24)29(30,31)32/h6-18,26H,4-5,19-20H2,1-3H3,(H,33,37)/t26-/m1/s1. The lowest BCUT2D eigenvalue weighted by molar-refractivity contribution is -0.140. The number of anilines is 1. The summed E-state index contributed by atoms with van der Waals surface area (Å²) in [6.07, 6.45) is -4.50. The number of carbonyl (C=O) groups excluding carboxylic acids is 2. The first-order chi connectivity index (χ1) is 18.9. The Kier molecular flexibility index (Phi) is 9.97. The summed E-state index contributed by atoms with van der Waals surface area (Å²) in [5.41, 5.74) is 0.310. The van der Waals surface area contributed by atoms with Gasteiger partial charge in [-0.1, -0.05) is 61.0 Å². The van der Waals surface area contributed by atoms with Crippen LogP contribution in [0.25, 0.3) is 0 Å². The molecule has 0 radical (unpaired) electrons. The number of benzene rings is 3. The zero-order chi connectivity index (χ0) is 29.5. The Morgan fingerprint density at radius 3 is 2.15 bits per heavy atom. The average Bonchev–Trinajstić information content (AvgIpc) is 2.92. The number of sulfonamides is 1. The first-order valence-corrected chi connectivity index (χ1v) is 14.2. The molecule has 3 aromatic carbocycles. The van der Waals surface area contributed by atoms with E-state index in [9.17, 15) is 31.2 Å². The van der Waals surface area contributed by atoms with Crippen molar-refractivity contribution in [2.24, 2.45) is 0 Å². The van der Waals surface area contributed by atoms with Crippen LogP contribution >= 0.6 is 0 Å². The molecule has 3 aromatic rings. The summed E-state index contributed by atoms with van der Waals surface area (Å²) >= 11 is 0. The van der Waals surface area contributed by atoms with Crippen molar-refractivity contribution in [2.75, 3.05) is 17.4 Å². The number of likely N-dealkylation sites (N-methyl/N-ethyl adjacent to an activating group) is 1. The summed E-state index contributed by atoms with van der Waals surface area (Å²) in [7, 11) is -4.47. The van der Waals surface area contributed by atoms with Crippen LogP contribution in [0.1, 0.15) is 37.0 Å². The van der Waals surface area contributed by atoms with E-state index in [0.29, 0.717) is 22.5 Å². The van der Waals surface area contributed by atoms with Crippen LogP contribution in [0, 0.1) is 6.92 Å². The number of nitrogens with zero attached hydrogens (tertiary/aromatic N) is 2. The van der Waals surface area contributed by atoms with Gasteiger partial charge in [-0.15, -0.1) is 0 Å². The maximum Gasteiger partial charge on any atom is 0.416 e. The summed E-state index contributed by atoms with van der Waals surface area (Å²) in [6, 6.07) is 17.3. The van der Waals surface area contributed by atoms with Crippen LogP contribution in [0.4, 0.5) is 18.9 Å². The molecule has 0 spiro atoms. The molecular formula is C29H32F3N3O4S. The second-order valence-electron chi connectivity index (χ2n) is 9.20. The summed E-state index contributed by atoms with van der Waals surface area (Å²) in [4.78, 5) is 27.9. The summed E-state index contributed by atoms with van der Waals surface area (Å²) in [5.74, 6) is -1.16. The minimum absolute atomic E-state index is 0.00340. The summed E-state index contributed by atoms with van der Waals surface area (Å²) < 4.78 is 68.7. The molecule has 0 unspecified atom stereocenters. The van der Waals surface area contributed by atoms with E-state index in [1.165, 1.54) is 35.2 Å². The maximum atomic E-state index is 13.9. The fourth-order valence-electron chi connectivity index (χ4n) is 4.19. The van der Waals surface area contributed by atoms with Gasteiger partial charge in [-0.3, -0.25) is 13.9 Å². The van der Waals surface area contributed by atoms with E-state index in [4.69, 9.17) is 0 Å². The van der Waals surface area contributed by atoms with E-state index in [0.717, 1.165) is 17.7 Å². The first kappa shape index (κ1) is 30.7. The molecule has 0 aliphatic carbocycles. The van der Waals surface area contributed by atoms with Gasteiger partial charge >= 0.3 is 6.18 Å². The smallest absolute Gasteiger partial charge is 0.355 e. The van der Waals surface area contributed by atoms with Crippen LogP contribution < -0.4 is 9.62 Å². The van der Waals surface area contributed by atoms with E-state index in [-0.39, 0.29) is 23.5 Å². The highest BCUT2D eigenvalue weighted by molar-refractivity contribution is 7.92. The second kappa shape index (κ2) is 13.0. The van der Waals surface area contributed by atoms with Gasteiger partial charge in [0.15, 0.2) is 0 Å². The summed E-state index contributed by atoms with van der Waals surface area (Å²) in [6.45, 7) is 4.86. The molecule has 2 amide bonds. The fraction of sp³-hybridized carbons (Fsp3) is 0.310. The molecule has 1 N–H and O–H groups in total. The number of aryl methyl sites for hydroxylation is 1. The van der Waals surface area contributed by atoms with Gasteiger partial charge in [-0.05, 0) is 56.2 Å². The lowest BCUT2D eigenvalue weighted by atomic mass is 10.1. The second-order valence-corrected chi connectivity index (χ2v) is 11.1. The number of hydrogen-bond acceptors (Lipinski definition) is 4. The van der Waals surface area contributed by atoms with E-state index in [1.807, 2.05) is 19.1 Å². The van der Waals surface area contributed by atoms with Gasteiger partial charge in [-0.25, -0.2) is 8.42 Å². The summed E-state index contributed by atoms with van der Waals surface area (Å²) in [5, 5.41) is 2.70. The van der Waals surface area contributed by atoms with Gasteiger partial charge in [0.2, 0.25) is 11.8 Å². The average molecular weight is 576 g/mol. The van der Waals surface area contributed by atoms with Crippen molar-refractivity contribution in [1.29, 1.82) is 0 Å². The van der Waals surface area contributed by atoms with Gasteiger partial charge in [0.05, 0.1) is 16.1 Å². The number of hydrogen-bond donors (Lipinski definition) is 1. The molecule has 1 atom stereocenters. The van der Waals surface area contributed by atoms with E-state index >= 15 is 0 Å². The molecule has 214 valence electrons. The Morgan fingerprint density at radius 2 is 1.57 bits per heavy atom. The molecule has 11 heteroatoms. The molecule has 0 aromatic heterocycles. The fourth-order valence-corrected chi connectivity index (χ4v) is 5.61. The quantitative estimate of drug-likeness (QED) is 0.343. The van der Waals surface area contributed by atoms with Gasteiger partial charge in [0.1, 0.15) is 12.6 Å². The van der Waals surface area contributed by atoms with Crippen molar-refractivity contribution in [3.05, 3.63) is 95.6 Å². The van der Waals surface area contributed by atoms with Crippen LogP contribution in [-0.4, -0.2) is 44.3 Å². The zero-order valence-electron chi connectivity index (χ0n) is 22.5. The molecule has 0 aliphatic heterocycles. The van der Waals surface area contributed by atoms with E-state index in [2.05, 4.69) is 5.32 Å². The molecule has 0 heterocycles. The van der Waals surface area contributed by atoms with Crippen LogP contribution in [-0.2, 0) is 32.3 Å². The van der Waals surface area contributed by atoms with E-state index < -0.39 is 46.2 Å². The van der Waals surface area contributed by atoms with Crippen molar-refractivity contribution < 1.29 is 31.2 Å². The van der Waals surface area contributed by atoms with Crippen molar-refractivity contribution in [1.82, 2.24) is 10.2 Å². The Balaban J connectivity index is 2.10. The predicted octanol–water partition coefficient (Wildman–Crippen LogP) is 5.15. The Labute approximate surface area is 232 Å². The Bertz CT molecular complexity index is 1410. The lowest BCUT2D eigenvalue weighted by Crippen LogP contribution is -2.52. The van der Waals surface area contributed by atoms with Gasteiger partial charge < -0.3 is 10.2 Å². The highest BCUT2D eigenvalue weighted by Crippen LogP contribution is 2.33. The van der Waals surface area contributed by atoms with Crippen LogP contribution in [0.15, 0.2) is 83.8 Å². The van der Waals surface area contributed by atoms with Crippen LogP contribution in [0.3, 0.4) is 0 Å². The molecule has 0 bridgehead atoms. The monoisotopic (exact) mass is 575 g/mol. The first-order valence-electron chi connectivity index (χ1n) is 12.8. The number of halogens is 3. The molecule has 0 fully saturated rings. The minimum atomic E-state index is -4.73. The number of alkyl halides is 3. The van der Waals surface area contributed by atoms with Crippen molar-refractivity contribution in [2.45, 2.75) is 50.9 Å². The lowest BCUT2D eigenvalue weighted by Gasteiger charge is -2.33. The van der Waals surface area contributed by atoms with Gasteiger partial charge in [0.25, 0.3) is 10.0 Å². The van der Waals surface area contributed by atoms with Crippen LogP contribution in [0.2, 0.25) is 0 Å². The predicted molar refractivity (Wildman–Crippen MR) is 147 cm³/mol. The Hall–Kier alpha value is -3.86. The molecule has 0 saturated heterocycles. The molecule has 40 heavy (non-hydrogen) atoms. The molecule has 0 aliphatic rings. The van der Waals surface area contributed by atoms with Crippen molar-refractivity contribution in [3.63, 3.8) is 0 Å². The zero-order valence-corrected chi connectivity index (χ0v) is 23.3. The topological polar surface area (TPSA) is 86.8 Å². The van der Waals surface area contributed by atoms with Gasteiger partial charge in [0, 0.05) is 13.1 Å². The van der Waals surface area contributed by atoms with Crippen molar-refractivity contribution >= 4 is 27.5 Å². The third-order valence-corrected chi connectivity index (χ3v) is 8.07.